The van der Waals surface area contributed by atoms with Crippen LogP contribution in [-0.2, 0) is 11.0 Å². The average molecular weight is 320 g/mol. The molecule has 0 aromatic heterocycles. The van der Waals surface area contributed by atoms with E-state index < -0.39 is 35.5 Å². The van der Waals surface area contributed by atoms with Crippen LogP contribution in [0, 0.1) is 0 Å². The molecule has 0 spiro atoms. The number of rotatable bonds is 2. The zero-order valence-corrected chi connectivity index (χ0v) is 11.4. The Hall–Kier alpha value is -1.90. The number of aliphatic carboxylic acids is 1. The van der Waals surface area contributed by atoms with Gasteiger partial charge in [0.25, 0.3) is 0 Å². The Balaban J connectivity index is 2.19. The minimum absolute atomic E-state index is 0.122. The first kappa shape index (κ1) is 15.5. The number of thioether (sulfide) groups is 1. The van der Waals surface area contributed by atoms with Crippen LogP contribution in [0.2, 0.25) is 0 Å². The first-order chi connectivity index (χ1) is 9.80. The maximum atomic E-state index is 12.8. The van der Waals surface area contributed by atoms with Crippen LogP contribution in [0.1, 0.15) is 5.56 Å². The van der Waals surface area contributed by atoms with Gasteiger partial charge < -0.3 is 15.3 Å². The quantitative estimate of drug-likeness (QED) is 0.879. The van der Waals surface area contributed by atoms with Crippen molar-refractivity contribution in [2.75, 3.05) is 16.9 Å². The Labute approximate surface area is 122 Å². The second-order valence-electron chi connectivity index (χ2n) is 4.30. The molecule has 1 aliphatic heterocycles. The molecule has 1 aliphatic rings. The average Bonchev–Trinajstić information content (AvgIpc) is 2.87. The highest BCUT2D eigenvalue weighted by Gasteiger charge is 2.37. The summed E-state index contributed by atoms with van der Waals surface area (Å²) in [6.45, 7) is 0. The van der Waals surface area contributed by atoms with E-state index in [1.807, 2.05) is 0 Å². The maximum Gasteiger partial charge on any atom is 0.418 e. The van der Waals surface area contributed by atoms with Crippen molar-refractivity contribution < 1.29 is 27.9 Å². The number of amides is 2. The largest absolute Gasteiger partial charge is 0.480 e. The van der Waals surface area contributed by atoms with E-state index in [1.165, 1.54) is 23.9 Å². The molecular formula is C12H11F3N2O3S. The van der Waals surface area contributed by atoms with Crippen molar-refractivity contribution in [3.8, 4) is 0 Å². The number of hydrogen-bond donors (Lipinski definition) is 2. The van der Waals surface area contributed by atoms with Gasteiger partial charge in [0.15, 0.2) is 0 Å². The minimum Gasteiger partial charge on any atom is -0.480 e. The Morgan fingerprint density at radius 3 is 2.62 bits per heavy atom. The molecule has 1 heterocycles. The molecule has 9 heteroatoms. The third kappa shape index (κ3) is 3.41. The lowest BCUT2D eigenvalue weighted by atomic mass is 10.1. The van der Waals surface area contributed by atoms with Crippen molar-refractivity contribution in [3.05, 3.63) is 29.8 Å². The molecule has 1 saturated heterocycles. The molecule has 0 unspecified atom stereocenters. The van der Waals surface area contributed by atoms with E-state index in [0.717, 1.165) is 17.0 Å². The van der Waals surface area contributed by atoms with Gasteiger partial charge in [-0.25, -0.2) is 9.59 Å². The van der Waals surface area contributed by atoms with Crippen LogP contribution in [0.4, 0.5) is 23.7 Å². The molecule has 0 radical (unpaired) electrons. The van der Waals surface area contributed by atoms with Gasteiger partial charge in [-0.15, -0.1) is 11.8 Å². The summed E-state index contributed by atoms with van der Waals surface area (Å²) < 4.78 is 38.5. The van der Waals surface area contributed by atoms with Gasteiger partial charge in [-0.1, -0.05) is 12.1 Å². The number of para-hydroxylation sites is 1. The Morgan fingerprint density at radius 1 is 1.33 bits per heavy atom. The fraction of sp³-hybridized carbons (Fsp3) is 0.333. The van der Waals surface area contributed by atoms with Gasteiger partial charge in [-0.05, 0) is 12.1 Å². The van der Waals surface area contributed by atoms with Crippen LogP contribution in [0.5, 0.6) is 0 Å². The molecule has 0 saturated carbocycles. The normalized spacial score (nSPS) is 18.6. The van der Waals surface area contributed by atoms with Crippen LogP contribution >= 0.6 is 11.8 Å². The van der Waals surface area contributed by atoms with Gasteiger partial charge in [0, 0.05) is 5.75 Å². The summed E-state index contributed by atoms with van der Waals surface area (Å²) in [5, 5.41) is 11.1. The fourth-order valence-electron chi connectivity index (χ4n) is 1.87. The summed E-state index contributed by atoms with van der Waals surface area (Å²) in [5.41, 5.74) is -1.37. The molecule has 0 bridgehead atoms. The highest BCUT2D eigenvalue weighted by atomic mass is 32.2. The van der Waals surface area contributed by atoms with Crippen molar-refractivity contribution in [1.29, 1.82) is 0 Å². The van der Waals surface area contributed by atoms with Crippen LogP contribution in [0.15, 0.2) is 24.3 Å². The van der Waals surface area contributed by atoms with Crippen LogP contribution in [-0.4, -0.2) is 39.7 Å². The molecule has 114 valence electrons. The summed E-state index contributed by atoms with van der Waals surface area (Å²) in [4.78, 5) is 24.0. The maximum absolute atomic E-state index is 12.8. The van der Waals surface area contributed by atoms with Crippen molar-refractivity contribution in [1.82, 2.24) is 4.90 Å². The van der Waals surface area contributed by atoms with E-state index in [4.69, 9.17) is 5.11 Å². The first-order valence-corrected chi connectivity index (χ1v) is 7.00. The molecule has 5 nitrogen and oxygen atoms in total. The van der Waals surface area contributed by atoms with Crippen molar-refractivity contribution in [3.63, 3.8) is 0 Å². The van der Waals surface area contributed by atoms with Crippen LogP contribution in [0.3, 0.4) is 0 Å². The van der Waals surface area contributed by atoms with Gasteiger partial charge in [0.1, 0.15) is 6.04 Å². The summed E-state index contributed by atoms with van der Waals surface area (Å²) in [5.74, 6) is -0.847. The number of nitrogens with one attached hydrogen (secondary N) is 1. The number of benzene rings is 1. The predicted molar refractivity (Wildman–Crippen MR) is 71.1 cm³/mol. The fourth-order valence-corrected chi connectivity index (χ4v) is 3.02. The summed E-state index contributed by atoms with van der Waals surface area (Å²) in [6, 6.07) is 2.66. The highest BCUT2D eigenvalue weighted by Crippen LogP contribution is 2.35. The van der Waals surface area contributed by atoms with Crippen LogP contribution in [0.25, 0.3) is 0 Å². The number of hydrogen-bond acceptors (Lipinski definition) is 3. The first-order valence-electron chi connectivity index (χ1n) is 5.85. The Kier molecular flexibility index (Phi) is 4.31. The Morgan fingerprint density at radius 2 is 2.00 bits per heavy atom. The highest BCUT2D eigenvalue weighted by molar-refractivity contribution is 7.99. The number of anilines is 1. The second kappa shape index (κ2) is 5.84. The predicted octanol–water partition coefficient (Wildman–Crippen LogP) is 2.70. The minimum atomic E-state index is -4.60. The smallest absolute Gasteiger partial charge is 0.418 e. The van der Waals surface area contributed by atoms with Gasteiger partial charge in [-0.3, -0.25) is 0 Å². The second-order valence-corrected chi connectivity index (χ2v) is 5.30. The van der Waals surface area contributed by atoms with Crippen molar-refractivity contribution >= 4 is 29.4 Å². The van der Waals surface area contributed by atoms with Crippen LogP contribution < -0.4 is 5.32 Å². The number of carboxylic acids is 1. The SMILES string of the molecule is O=C(O)[C@@H]1CSCN1C(=O)Nc1ccccc1C(F)(F)F. The summed E-state index contributed by atoms with van der Waals surface area (Å²) in [6.07, 6.45) is -4.60. The molecule has 0 aliphatic carbocycles. The molecule has 2 amide bonds. The van der Waals surface area contributed by atoms with Crippen molar-refractivity contribution in [2.45, 2.75) is 12.2 Å². The molecule has 1 aromatic rings. The number of carboxylic acid groups (broad SMARTS) is 1. The summed E-state index contributed by atoms with van der Waals surface area (Å²) in [7, 11) is 0. The monoisotopic (exact) mass is 320 g/mol. The van der Waals surface area contributed by atoms with Gasteiger partial charge in [-0.2, -0.15) is 13.2 Å². The zero-order valence-electron chi connectivity index (χ0n) is 10.6. The lowest BCUT2D eigenvalue weighted by Crippen LogP contribution is -2.44. The number of nitrogens with zero attached hydrogens (tertiary/aromatic N) is 1. The van der Waals surface area contributed by atoms with E-state index in [1.54, 1.807) is 0 Å². The molecular weight excluding hydrogens is 309 g/mol. The number of alkyl halides is 3. The van der Waals surface area contributed by atoms with E-state index in [2.05, 4.69) is 5.32 Å². The zero-order chi connectivity index (χ0) is 15.6. The number of urea groups is 1. The topological polar surface area (TPSA) is 69.6 Å². The molecule has 2 rings (SSSR count). The molecule has 1 atom stereocenters. The van der Waals surface area contributed by atoms with E-state index in [9.17, 15) is 22.8 Å². The molecule has 21 heavy (non-hydrogen) atoms. The Bertz CT molecular complexity index is 565. The van der Waals surface area contributed by atoms with E-state index in [0.29, 0.717) is 0 Å². The molecule has 1 aromatic carbocycles. The number of carbonyl (C=O) groups excluding carboxylic acids is 1. The number of carbonyl (C=O) groups is 2. The standard InChI is InChI=1S/C12H11F3N2O3S/c13-12(14,15)7-3-1-2-4-8(7)16-11(20)17-6-21-5-9(17)10(18)19/h1-4,9H,5-6H2,(H,16,20)(H,18,19)/t9-/m0/s1. The third-order valence-electron chi connectivity index (χ3n) is 2.90. The van der Waals surface area contributed by atoms with E-state index >= 15 is 0 Å². The molecule has 2 N–H and O–H groups in total. The van der Waals surface area contributed by atoms with Gasteiger partial charge in [0.05, 0.1) is 17.1 Å². The van der Waals surface area contributed by atoms with E-state index in [-0.39, 0.29) is 11.6 Å². The van der Waals surface area contributed by atoms with Gasteiger partial charge >= 0.3 is 18.2 Å². The third-order valence-corrected chi connectivity index (χ3v) is 3.91. The number of halogens is 3. The molecule has 1 fully saturated rings. The van der Waals surface area contributed by atoms with Crippen molar-refractivity contribution in [2.24, 2.45) is 0 Å². The van der Waals surface area contributed by atoms with Gasteiger partial charge in [0.2, 0.25) is 0 Å². The summed E-state index contributed by atoms with van der Waals surface area (Å²) >= 11 is 1.23. The lowest BCUT2D eigenvalue weighted by molar-refractivity contribution is -0.141. The lowest BCUT2D eigenvalue weighted by Gasteiger charge is -2.22.